The normalized spacial score (nSPS) is 12.3. The fourth-order valence-electron chi connectivity index (χ4n) is 4.12. The zero-order valence-corrected chi connectivity index (χ0v) is 23.4. The number of benzene rings is 3. The maximum Gasteiger partial charge on any atom is 0.321 e. The summed E-state index contributed by atoms with van der Waals surface area (Å²) >= 11 is 5.94. The van der Waals surface area contributed by atoms with Crippen molar-refractivity contribution in [2.75, 3.05) is 6.61 Å². The summed E-state index contributed by atoms with van der Waals surface area (Å²) in [7, 11) is 0. The zero-order chi connectivity index (χ0) is 29.1. The van der Waals surface area contributed by atoms with Gasteiger partial charge in [-0.3, -0.25) is 19.2 Å². The molecule has 3 rings (SSSR count). The summed E-state index contributed by atoms with van der Waals surface area (Å²) in [5.41, 5.74) is 2.40. The Hall–Kier alpha value is -3.97. The summed E-state index contributed by atoms with van der Waals surface area (Å²) < 4.78 is 10.6. The van der Waals surface area contributed by atoms with Crippen LogP contribution in [0.3, 0.4) is 0 Å². The lowest BCUT2D eigenvalue weighted by Crippen LogP contribution is -2.26. The van der Waals surface area contributed by atoms with Gasteiger partial charge in [-0.2, -0.15) is 0 Å². The minimum atomic E-state index is -1.04. The van der Waals surface area contributed by atoms with Crippen LogP contribution < -0.4 is 0 Å². The van der Waals surface area contributed by atoms with Crippen LogP contribution in [0.4, 0.5) is 0 Å². The third-order valence-electron chi connectivity index (χ3n) is 6.54. The number of phenolic OH excluding ortho intramolecular Hbond substituents is 1. The number of ketones is 1. The van der Waals surface area contributed by atoms with Crippen molar-refractivity contribution >= 4 is 35.3 Å². The van der Waals surface area contributed by atoms with E-state index in [4.69, 9.17) is 21.1 Å². The number of hydrogen-bond donors (Lipinski definition) is 1. The van der Waals surface area contributed by atoms with Crippen LogP contribution in [0.25, 0.3) is 0 Å². The molecule has 0 fully saturated rings. The molecule has 0 amide bonds. The molecule has 2 unspecified atom stereocenters. The van der Waals surface area contributed by atoms with Gasteiger partial charge in [-0.05, 0) is 65.9 Å². The summed E-state index contributed by atoms with van der Waals surface area (Å²) in [6, 6.07) is 19.4. The number of aryl methyl sites for hydroxylation is 1. The molecule has 0 bridgehead atoms. The molecule has 1 N–H and O–H groups in total. The molecule has 3 aromatic rings. The van der Waals surface area contributed by atoms with Crippen LogP contribution in [-0.4, -0.2) is 35.4 Å². The van der Waals surface area contributed by atoms with Gasteiger partial charge in [0.05, 0.1) is 24.9 Å². The zero-order valence-electron chi connectivity index (χ0n) is 22.6. The van der Waals surface area contributed by atoms with E-state index in [1.807, 2.05) is 26.0 Å². The number of carbonyl (C=O) groups excluding carboxylic acids is 4. The summed E-state index contributed by atoms with van der Waals surface area (Å²) in [4.78, 5) is 52.2. The molecule has 0 radical (unpaired) electrons. The van der Waals surface area contributed by atoms with Crippen molar-refractivity contribution in [2.45, 2.75) is 57.8 Å². The standard InChI is InChI=1S/C32H33ClO7/c1-3-5-18-39-31(37)28(23-12-16-26(34)17-13-23)20-30(36)40-32(38)27(22-8-6-21(4-2)7-9-22)19-29(35)24-10-14-25(33)15-11-24/h6-17,27-28,34H,3-5,18-20H2,1-2H3. The molecule has 8 heteroatoms. The summed E-state index contributed by atoms with van der Waals surface area (Å²) in [6.07, 6.45) is 1.61. The van der Waals surface area contributed by atoms with E-state index >= 15 is 0 Å². The van der Waals surface area contributed by atoms with Crippen molar-refractivity contribution in [1.82, 2.24) is 0 Å². The Labute approximate surface area is 239 Å². The topological polar surface area (TPSA) is 107 Å². The quantitative estimate of drug-likeness (QED) is 0.108. The summed E-state index contributed by atoms with van der Waals surface area (Å²) in [5, 5.41) is 10.1. The predicted octanol–water partition coefficient (Wildman–Crippen LogP) is 6.55. The number of Topliss-reactive ketones (excluding diaryl/α,β-unsaturated/α-hetero) is 1. The Balaban J connectivity index is 1.80. The van der Waals surface area contributed by atoms with Gasteiger partial charge in [-0.15, -0.1) is 0 Å². The monoisotopic (exact) mass is 564 g/mol. The van der Waals surface area contributed by atoms with Crippen molar-refractivity contribution in [3.8, 4) is 5.75 Å². The molecule has 0 spiro atoms. The molecule has 0 aliphatic heterocycles. The third-order valence-corrected chi connectivity index (χ3v) is 6.79. The fraction of sp³-hybridized carbons (Fsp3) is 0.312. The number of ether oxygens (including phenoxy) is 2. The Bertz CT molecular complexity index is 1300. The van der Waals surface area contributed by atoms with Gasteiger partial charge in [0.1, 0.15) is 5.75 Å². The molecule has 210 valence electrons. The largest absolute Gasteiger partial charge is 0.508 e. The van der Waals surface area contributed by atoms with E-state index in [-0.39, 0.29) is 24.6 Å². The predicted molar refractivity (Wildman–Crippen MR) is 151 cm³/mol. The first-order chi connectivity index (χ1) is 19.2. The lowest BCUT2D eigenvalue weighted by molar-refractivity contribution is -0.163. The van der Waals surface area contributed by atoms with E-state index in [1.165, 1.54) is 24.3 Å². The van der Waals surface area contributed by atoms with Gasteiger partial charge >= 0.3 is 17.9 Å². The molecule has 0 saturated carbocycles. The Morgan fingerprint density at radius 2 is 1.35 bits per heavy atom. The van der Waals surface area contributed by atoms with Gasteiger partial charge in [0.25, 0.3) is 0 Å². The molecular weight excluding hydrogens is 532 g/mol. The summed E-state index contributed by atoms with van der Waals surface area (Å²) in [6.45, 7) is 4.15. The maximum absolute atomic E-state index is 13.3. The molecule has 40 heavy (non-hydrogen) atoms. The highest BCUT2D eigenvalue weighted by atomic mass is 35.5. The molecular formula is C32H33ClO7. The smallest absolute Gasteiger partial charge is 0.321 e. The van der Waals surface area contributed by atoms with E-state index in [0.717, 1.165) is 18.4 Å². The number of esters is 3. The van der Waals surface area contributed by atoms with Crippen molar-refractivity contribution in [3.05, 3.63) is 100 Å². The first-order valence-electron chi connectivity index (χ1n) is 13.3. The van der Waals surface area contributed by atoms with Crippen LogP contribution in [0.1, 0.15) is 78.4 Å². The van der Waals surface area contributed by atoms with E-state index in [2.05, 4.69) is 0 Å². The minimum absolute atomic E-state index is 0.00175. The highest BCUT2D eigenvalue weighted by Gasteiger charge is 2.31. The SMILES string of the molecule is CCCCOC(=O)C(CC(=O)OC(=O)C(CC(=O)c1ccc(Cl)cc1)c1ccc(CC)cc1)c1ccc(O)cc1. The van der Waals surface area contributed by atoms with Crippen molar-refractivity contribution < 1.29 is 33.8 Å². The van der Waals surface area contributed by atoms with E-state index in [1.54, 1.807) is 36.4 Å². The van der Waals surface area contributed by atoms with Crippen LogP contribution in [0.2, 0.25) is 5.02 Å². The molecule has 0 aromatic heterocycles. The lowest BCUT2D eigenvalue weighted by atomic mass is 9.90. The fourth-order valence-corrected chi connectivity index (χ4v) is 4.24. The lowest BCUT2D eigenvalue weighted by Gasteiger charge is -2.18. The minimum Gasteiger partial charge on any atom is -0.508 e. The number of phenols is 1. The second kappa shape index (κ2) is 15.0. The second-order valence-corrected chi connectivity index (χ2v) is 9.88. The van der Waals surface area contributed by atoms with Gasteiger partial charge in [0, 0.05) is 17.0 Å². The van der Waals surface area contributed by atoms with Gasteiger partial charge in [0.2, 0.25) is 0 Å². The van der Waals surface area contributed by atoms with Crippen molar-refractivity contribution in [1.29, 1.82) is 0 Å². The van der Waals surface area contributed by atoms with E-state index in [0.29, 0.717) is 28.1 Å². The Kier molecular flexibility index (Phi) is 11.5. The average molecular weight is 565 g/mol. The number of carbonyl (C=O) groups is 4. The van der Waals surface area contributed by atoms with Crippen LogP contribution >= 0.6 is 11.6 Å². The first kappa shape index (κ1) is 30.6. The van der Waals surface area contributed by atoms with Gasteiger partial charge in [-0.1, -0.05) is 68.3 Å². The van der Waals surface area contributed by atoms with Crippen molar-refractivity contribution in [2.24, 2.45) is 0 Å². The van der Waals surface area contributed by atoms with Crippen LogP contribution in [0.15, 0.2) is 72.8 Å². The number of aromatic hydroxyl groups is 1. The van der Waals surface area contributed by atoms with Crippen LogP contribution in [0, 0.1) is 0 Å². The third kappa shape index (κ3) is 8.78. The van der Waals surface area contributed by atoms with Crippen molar-refractivity contribution in [3.63, 3.8) is 0 Å². The summed E-state index contributed by atoms with van der Waals surface area (Å²) in [5.74, 6) is -4.83. The molecule has 0 aliphatic carbocycles. The molecule has 3 aromatic carbocycles. The molecule has 0 saturated heterocycles. The van der Waals surface area contributed by atoms with Gasteiger partial charge in [-0.25, -0.2) is 0 Å². The molecule has 0 heterocycles. The van der Waals surface area contributed by atoms with Gasteiger partial charge in [0.15, 0.2) is 5.78 Å². The Morgan fingerprint density at radius 1 is 0.775 bits per heavy atom. The van der Waals surface area contributed by atoms with Gasteiger partial charge < -0.3 is 14.6 Å². The van der Waals surface area contributed by atoms with Crippen LogP contribution in [0.5, 0.6) is 5.75 Å². The second-order valence-electron chi connectivity index (χ2n) is 9.44. The highest BCUT2D eigenvalue weighted by Crippen LogP contribution is 2.28. The van der Waals surface area contributed by atoms with E-state index in [9.17, 15) is 24.3 Å². The van der Waals surface area contributed by atoms with E-state index < -0.39 is 36.2 Å². The maximum atomic E-state index is 13.3. The molecule has 0 aliphatic rings. The highest BCUT2D eigenvalue weighted by molar-refractivity contribution is 6.30. The van der Waals surface area contributed by atoms with Crippen LogP contribution in [-0.2, 0) is 30.3 Å². The number of rotatable bonds is 13. The first-order valence-corrected chi connectivity index (χ1v) is 13.7. The average Bonchev–Trinajstić information content (AvgIpc) is 2.95. The number of halogens is 1. The number of hydrogen-bond acceptors (Lipinski definition) is 7. The number of unbranched alkanes of at least 4 members (excludes halogenated alkanes) is 1. The molecule has 2 atom stereocenters. The Morgan fingerprint density at radius 3 is 1.93 bits per heavy atom. The molecule has 7 nitrogen and oxygen atoms in total.